The van der Waals surface area contributed by atoms with Crippen LogP contribution in [0.3, 0.4) is 0 Å². The predicted molar refractivity (Wildman–Crippen MR) is 79.0 cm³/mol. The second kappa shape index (κ2) is 5.63. The van der Waals surface area contributed by atoms with Crippen LogP contribution in [0.15, 0.2) is 24.3 Å². The maximum Gasteiger partial charge on any atom is 0.157 e. The standard InChI is InChI=1S/C15H23NO2S/c1-4-13-5-7-14(8-6-13)15-12(3)19(17,18)11(2)9-10-16-15/h5-8,11-12,15-16H,4,9-10H2,1-3H3. The molecule has 0 amide bonds. The lowest BCUT2D eigenvalue weighted by Gasteiger charge is -2.23. The minimum atomic E-state index is -3.05. The summed E-state index contributed by atoms with van der Waals surface area (Å²) in [6.45, 7) is 6.51. The van der Waals surface area contributed by atoms with Gasteiger partial charge in [-0.15, -0.1) is 0 Å². The Kier molecular flexibility index (Phi) is 4.31. The van der Waals surface area contributed by atoms with Gasteiger partial charge in [0.05, 0.1) is 10.5 Å². The highest BCUT2D eigenvalue weighted by molar-refractivity contribution is 7.92. The van der Waals surface area contributed by atoms with E-state index in [0.29, 0.717) is 6.42 Å². The average Bonchev–Trinajstić information content (AvgIpc) is 2.51. The van der Waals surface area contributed by atoms with Crippen LogP contribution in [0.25, 0.3) is 0 Å². The molecule has 0 aromatic heterocycles. The van der Waals surface area contributed by atoms with Crippen molar-refractivity contribution in [2.24, 2.45) is 0 Å². The lowest BCUT2D eigenvalue weighted by molar-refractivity contribution is 0.520. The van der Waals surface area contributed by atoms with Crippen molar-refractivity contribution >= 4 is 9.84 Å². The van der Waals surface area contributed by atoms with Crippen LogP contribution in [0.1, 0.15) is 44.4 Å². The van der Waals surface area contributed by atoms with Gasteiger partial charge < -0.3 is 5.32 Å². The third-order valence-corrected chi connectivity index (χ3v) is 6.88. The first kappa shape index (κ1) is 14.5. The zero-order chi connectivity index (χ0) is 14.0. The van der Waals surface area contributed by atoms with E-state index in [1.807, 2.05) is 13.8 Å². The largest absolute Gasteiger partial charge is 0.309 e. The smallest absolute Gasteiger partial charge is 0.157 e. The number of benzene rings is 1. The molecule has 0 aliphatic carbocycles. The fraction of sp³-hybridized carbons (Fsp3) is 0.600. The predicted octanol–water partition coefficient (Wildman–Crippen LogP) is 2.48. The van der Waals surface area contributed by atoms with Crippen molar-refractivity contribution in [3.05, 3.63) is 35.4 Å². The van der Waals surface area contributed by atoms with Crippen LogP contribution in [-0.4, -0.2) is 25.5 Å². The van der Waals surface area contributed by atoms with Gasteiger partial charge in [-0.1, -0.05) is 31.2 Å². The third kappa shape index (κ3) is 2.84. The SMILES string of the molecule is CCc1ccc(C2NCCC(C)S(=O)(=O)C2C)cc1. The summed E-state index contributed by atoms with van der Waals surface area (Å²) < 4.78 is 24.8. The fourth-order valence-electron chi connectivity index (χ4n) is 2.68. The number of rotatable bonds is 2. The van der Waals surface area contributed by atoms with Gasteiger partial charge >= 0.3 is 0 Å². The molecule has 1 aromatic carbocycles. The summed E-state index contributed by atoms with van der Waals surface area (Å²) in [4.78, 5) is 0. The molecule has 0 bridgehead atoms. The van der Waals surface area contributed by atoms with Crippen molar-refractivity contribution < 1.29 is 8.42 Å². The molecule has 19 heavy (non-hydrogen) atoms. The van der Waals surface area contributed by atoms with E-state index in [1.165, 1.54) is 5.56 Å². The van der Waals surface area contributed by atoms with Gasteiger partial charge in [0.25, 0.3) is 0 Å². The lowest BCUT2D eigenvalue weighted by Crippen LogP contribution is -2.34. The third-order valence-electron chi connectivity index (χ3n) is 4.21. The normalized spacial score (nSPS) is 30.8. The molecule has 106 valence electrons. The molecule has 1 heterocycles. The maximum atomic E-state index is 12.4. The van der Waals surface area contributed by atoms with E-state index in [1.54, 1.807) is 0 Å². The van der Waals surface area contributed by atoms with E-state index in [9.17, 15) is 8.42 Å². The number of nitrogens with one attached hydrogen (secondary N) is 1. The highest BCUT2D eigenvalue weighted by atomic mass is 32.2. The molecule has 1 saturated heterocycles. The second-order valence-electron chi connectivity index (χ2n) is 5.42. The van der Waals surface area contributed by atoms with E-state index >= 15 is 0 Å². The van der Waals surface area contributed by atoms with E-state index in [0.717, 1.165) is 18.5 Å². The van der Waals surface area contributed by atoms with Crippen molar-refractivity contribution in [3.63, 3.8) is 0 Å². The fourth-order valence-corrected chi connectivity index (χ4v) is 4.49. The van der Waals surface area contributed by atoms with E-state index in [2.05, 4.69) is 36.5 Å². The van der Waals surface area contributed by atoms with Gasteiger partial charge in [-0.25, -0.2) is 8.42 Å². The Morgan fingerprint density at radius 2 is 1.84 bits per heavy atom. The molecule has 3 unspecified atom stereocenters. The van der Waals surface area contributed by atoms with Crippen LogP contribution < -0.4 is 5.32 Å². The Morgan fingerprint density at radius 1 is 1.21 bits per heavy atom. The summed E-state index contributed by atoms with van der Waals surface area (Å²) in [5, 5.41) is 2.76. The zero-order valence-electron chi connectivity index (χ0n) is 11.9. The molecule has 3 atom stereocenters. The van der Waals surface area contributed by atoms with Crippen molar-refractivity contribution in [3.8, 4) is 0 Å². The Hall–Kier alpha value is -0.870. The monoisotopic (exact) mass is 281 g/mol. The Bertz CT molecular complexity index is 522. The van der Waals surface area contributed by atoms with Gasteiger partial charge in [-0.05, 0) is 44.4 Å². The molecule has 1 fully saturated rings. The molecule has 0 saturated carbocycles. The molecular weight excluding hydrogens is 258 g/mol. The second-order valence-corrected chi connectivity index (χ2v) is 8.15. The minimum Gasteiger partial charge on any atom is -0.309 e. The Balaban J connectivity index is 2.32. The van der Waals surface area contributed by atoms with Crippen LogP contribution >= 0.6 is 0 Å². The summed E-state index contributed by atoms with van der Waals surface area (Å²) in [6, 6.07) is 8.19. The molecule has 1 aliphatic heterocycles. The molecule has 1 aromatic rings. The first-order valence-corrected chi connectivity index (χ1v) is 8.62. The molecule has 1 aliphatic rings. The number of hydrogen-bond donors (Lipinski definition) is 1. The van der Waals surface area contributed by atoms with Gasteiger partial charge in [-0.3, -0.25) is 0 Å². The quantitative estimate of drug-likeness (QED) is 0.906. The summed E-state index contributed by atoms with van der Waals surface area (Å²) in [7, 11) is -3.05. The summed E-state index contributed by atoms with van der Waals surface area (Å²) in [5.41, 5.74) is 2.35. The molecule has 1 N–H and O–H groups in total. The van der Waals surface area contributed by atoms with Crippen molar-refractivity contribution in [1.29, 1.82) is 0 Å². The zero-order valence-corrected chi connectivity index (χ0v) is 12.7. The van der Waals surface area contributed by atoms with E-state index in [-0.39, 0.29) is 16.5 Å². The van der Waals surface area contributed by atoms with Gasteiger partial charge in [0, 0.05) is 6.04 Å². The molecule has 4 heteroatoms. The summed E-state index contributed by atoms with van der Waals surface area (Å²) in [5.74, 6) is 0. The average molecular weight is 281 g/mol. The Morgan fingerprint density at radius 3 is 2.42 bits per heavy atom. The van der Waals surface area contributed by atoms with Crippen molar-refractivity contribution in [2.75, 3.05) is 6.54 Å². The summed E-state index contributed by atoms with van der Waals surface area (Å²) in [6.07, 6.45) is 1.69. The first-order valence-electron chi connectivity index (χ1n) is 7.01. The highest BCUT2D eigenvalue weighted by Crippen LogP contribution is 2.28. The van der Waals surface area contributed by atoms with Gasteiger partial charge in [0.2, 0.25) is 0 Å². The molecule has 0 radical (unpaired) electrons. The van der Waals surface area contributed by atoms with Crippen LogP contribution in [0.4, 0.5) is 0 Å². The van der Waals surface area contributed by atoms with Gasteiger partial charge in [0.15, 0.2) is 9.84 Å². The highest BCUT2D eigenvalue weighted by Gasteiger charge is 2.36. The summed E-state index contributed by atoms with van der Waals surface area (Å²) >= 11 is 0. The van der Waals surface area contributed by atoms with Crippen LogP contribution in [-0.2, 0) is 16.3 Å². The van der Waals surface area contributed by atoms with Crippen LogP contribution in [0, 0.1) is 0 Å². The number of sulfone groups is 1. The van der Waals surface area contributed by atoms with E-state index < -0.39 is 9.84 Å². The van der Waals surface area contributed by atoms with Crippen LogP contribution in [0.5, 0.6) is 0 Å². The molecule has 3 nitrogen and oxygen atoms in total. The first-order chi connectivity index (χ1) is 8.96. The van der Waals surface area contributed by atoms with Crippen molar-refractivity contribution in [2.45, 2.75) is 50.2 Å². The maximum absolute atomic E-state index is 12.4. The Labute approximate surface area is 116 Å². The topological polar surface area (TPSA) is 46.2 Å². The van der Waals surface area contributed by atoms with Crippen molar-refractivity contribution in [1.82, 2.24) is 5.32 Å². The lowest BCUT2D eigenvalue weighted by atomic mass is 10.0. The van der Waals surface area contributed by atoms with Crippen LogP contribution in [0.2, 0.25) is 0 Å². The molecular formula is C15H23NO2S. The molecule has 0 spiro atoms. The van der Waals surface area contributed by atoms with E-state index in [4.69, 9.17) is 0 Å². The van der Waals surface area contributed by atoms with Gasteiger partial charge in [0.1, 0.15) is 0 Å². The van der Waals surface area contributed by atoms with Gasteiger partial charge in [-0.2, -0.15) is 0 Å². The minimum absolute atomic E-state index is 0.0964. The number of aryl methyl sites for hydroxylation is 1. The molecule has 2 rings (SSSR count). The number of hydrogen-bond acceptors (Lipinski definition) is 3.